The number of rotatable bonds is 9. The average Bonchev–Trinajstić information content (AvgIpc) is 3.15. The van der Waals surface area contributed by atoms with Crippen LogP contribution in [0.2, 0.25) is 0 Å². The number of nitrogens with one attached hydrogen (secondary N) is 1. The molecule has 3 rings (SSSR count). The summed E-state index contributed by atoms with van der Waals surface area (Å²) in [7, 11) is 1.62. The van der Waals surface area contributed by atoms with Crippen LogP contribution in [0.5, 0.6) is 11.5 Å². The summed E-state index contributed by atoms with van der Waals surface area (Å²) in [4.78, 5) is 11.6. The molecule has 28 heavy (non-hydrogen) atoms. The normalized spacial score (nSPS) is 10.5. The summed E-state index contributed by atoms with van der Waals surface area (Å²) in [6, 6.07) is 13.2. The molecule has 146 valence electrons. The Hall–Kier alpha value is -2.58. The molecule has 0 radical (unpaired) electrons. The summed E-state index contributed by atoms with van der Waals surface area (Å²) >= 11 is 3.02. The molecule has 0 spiro atoms. The topological polar surface area (TPSA) is 73.3 Å². The van der Waals surface area contributed by atoms with E-state index in [2.05, 4.69) is 15.5 Å². The number of hydrogen-bond donors (Lipinski definition) is 1. The third-order valence-corrected chi connectivity index (χ3v) is 5.89. The molecule has 0 saturated heterocycles. The van der Waals surface area contributed by atoms with Gasteiger partial charge in [-0.3, -0.25) is 4.79 Å². The van der Waals surface area contributed by atoms with Gasteiger partial charge in [-0.05, 0) is 44.2 Å². The molecule has 2 aromatic carbocycles. The Labute approximate surface area is 172 Å². The Morgan fingerprint density at radius 1 is 1.18 bits per heavy atom. The summed E-state index contributed by atoms with van der Waals surface area (Å²) in [6.07, 6.45) is 0. The van der Waals surface area contributed by atoms with Gasteiger partial charge in [0.15, 0.2) is 10.1 Å². The van der Waals surface area contributed by atoms with Crippen LogP contribution in [0.15, 0.2) is 46.8 Å². The van der Waals surface area contributed by atoms with Gasteiger partial charge in [-0.15, -0.1) is 10.2 Å². The molecular weight excluding hydrogens is 394 g/mol. The van der Waals surface area contributed by atoms with Crippen molar-refractivity contribution < 1.29 is 14.3 Å². The van der Waals surface area contributed by atoms with Crippen molar-refractivity contribution >= 4 is 39.7 Å². The number of benzene rings is 2. The minimum atomic E-state index is 0.0317. The van der Waals surface area contributed by atoms with E-state index in [0.29, 0.717) is 23.1 Å². The average molecular weight is 416 g/mol. The van der Waals surface area contributed by atoms with Crippen LogP contribution in [0.1, 0.15) is 29.8 Å². The lowest BCUT2D eigenvalue weighted by molar-refractivity contribution is 0.101. The van der Waals surface area contributed by atoms with Gasteiger partial charge in [-0.2, -0.15) is 0 Å². The van der Waals surface area contributed by atoms with Crippen LogP contribution >= 0.6 is 23.1 Å². The van der Waals surface area contributed by atoms with E-state index >= 15 is 0 Å². The molecule has 0 aliphatic heterocycles. The van der Waals surface area contributed by atoms with E-state index in [1.807, 2.05) is 43.3 Å². The first-order chi connectivity index (χ1) is 13.6. The van der Waals surface area contributed by atoms with E-state index in [1.54, 1.807) is 31.9 Å². The van der Waals surface area contributed by atoms with Crippen molar-refractivity contribution in [3.63, 3.8) is 0 Å². The molecule has 0 aliphatic carbocycles. The number of aromatic nitrogens is 2. The summed E-state index contributed by atoms with van der Waals surface area (Å²) in [6.45, 7) is 4.10. The quantitative estimate of drug-likeness (QED) is 0.381. The second kappa shape index (κ2) is 9.57. The molecule has 8 heteroatoms. The number of ether oxygens (including phenoxy) is 2. The standard InChI is InChI=1S/C20H21N3O3S2/c1-4-26-18-8-6-5-7-16(18)21-19-22-23-20(28-19)27-12-15-11-14(13(2)24)9-10-17(15)25-3/h5-11H,4,12H2,1-3H3,(H,21,22). The van der Waals surface area contributed by atoms with E-state index in [0.717, 1.165) is 27.1 Å². The zero-order chi connectivity index (χ0) is 19.9. The lowest BCUT2D eigenvalue weighted by Gasteiger charge is -2.09. The summed E-state index contributed by atoms with van der Waals surface area (Å²) < 4.78 is 11.9. The zero-order valence-electron chi connectivity index (χ0n) is 15.9. The number of hydrogen-bond acceptors (Lipinski definition) is 8. The van der Waals surface area contributed by atoms with Gasteiger partial charge in [0.05, 0.1) is 19.4 Å². The Bertz CT molecular complexity index is 959. The van der Waals surface area contributed by atoms with Gasteiger partial charge >= 0.3 is 0 Å². The molecule has 0 bridgehead atoms. The van der Waals surface area contributed by atoms with Crippen molar-refractivity contribution in [1.29, 1.82) is 0 Å². The summed E-state index contributed by atoms with van der Waals surface area (Å²) in [5.74, 6) is 2.20. The Balaban J connectivity index is 1.69. The highest BCUT2D eigenvalue weighted by atomic mass is 32.2. The van der Waals surface area contributed by atoms with Crippen LogP contribution in [-0.2, 0) is 5.75 Å². The highest BCUT2D eigenvalue weighted by Crippen LogP contribution is 2.34. The van der Waals surface area contributed by atoms with Gasteiger partial charge in [0.2, 0.25) is 5.13 Å². The van der Waals surface area contributed by atoms with E-state index in [1.165, 1.54) is 11.3 Å². The number of methoxy groups -OCH3 is 1. The molecule has 0 fully saturated rings. The first kappa shape index (κ1) is 20.2. The van der Waals surface area contributed by atoms with Crippen LogP contribution in [-0.4, -0.2) is 29.7 Å². The number of para-hydroxylation sites is 2. The van der Waals surface area contributed by atoms with Gasteiger partial charge in [0.1, 0.15) is 11.5 Å². The molecule has 3 aromatic rings. The number of carbonyl (C=O) groups excluding carboxylic acids is 1. The van der Waals surface area contributed by atoms with Crippen LogP contribution in [0.4, 0.5) is 10.8 Å². The first-order valence-electron chi connectivity index (χ1n) is 8.73. The van der Waals surface area contributed by atoms with Crippen LogP contribution in [0, 0.1) is 0 Å². The van der Waals surface area contributed by atoms with Crippen molar-refractivity contribution in [2.45, 2.75) is 23.9 Å². The molecule has 0 unspecified atom stereocenters. The maximum atomic E-state index is 11.6. The fraction of sp³-hybridized carbons (Fsp3) is 0.250. The SMILES string of the molecule is CCOc1ccccc1Nc1nnc(SCc2cc(C(C)=O)ccc2OC)s1. The Kier molecular flexibility index (Phi) is 6.89. The smallest absolute Gasteiger partial charge is 0.210 e. The number of Topliss-reactive ketones (excluding diaryl/α,β-unsaturated/α-hetero) is 1. The van der Waals surface area contributed by atoms with Crippen molar-refractivity contribution in [3.8, 4) is 11.5 Å². The van der Waals surface area contributed by atoms with Gasteiger partial charge < -0.3 is 14.8 Å². The molecular formula is C20H21N3O3S2. The van der Waals surface area contributed by atoms with Gasteiger partial charge in [0, 0.05) is 16.9 Å². The number of carbonyl (C=O) groups is 1. The third kappa shape index (κ3) is 5.02. The second-order valence-electron chi connectivity index (χ2n) is 5.80. The molecule has 1 N–H and O–H groups in total. The predicted octanol–water partition coefficient (Wildman–Crippen LogP) is 5.18. The summed E-state index contributed by atoms with van der Waals surface area (Å²) in [5, 5.41) is 12.4. The number of nitrogens with zero attached hydrogens (tertiary/aromatic N) is 2. The molecule has 0 atom stereocenters. The molecule has 1 heterocycles. The van der Waals surface area contributed by atoms with E-state index < -0.39 is 0 Å². The minimum absolute atomic E-state index is 0.0317. The Morgan fingerprint density at radius 3 is 2.75 bits per heavy atom. The fourth-order valence-corrected chi connectivity index (χ4v) is 4.28. The van der Waals surface area contributed by atoms with Crippen molar-refractivity contribution in [2.24, 2.45) is 0 Å². The van der Waals surface area contributed by atoms with Crippen LogP contribution in [0.3, 0.4) is 0 Å². The summed E-state index contributed by atoms with van der Waals surface area (Å²) in [5.41, 5.74) is 2.48. The zero-order valence-corrected chi connectivity index (χ0v) is 17.5. The minimum Gasteiger partial charge on any atom is -0.496 e. The lowest BCUT2D eigenvalue weighted by atomic mass is 10.1. The predicted molar refractivity (Wildman–Crippen MR) is 113 cm³/mol. The van der Waals surface area contributed by atoms with Crippen LogP contribution < -0.4 is 14.8 Å². The maximum absolute atomic E-state index is 11.6. The lowest BCUT2D eigenvalue weighted by Crippen LogP contribution is -1.97. The van der Waals surface area contributed by atoms with Crippen molar-refractivity contribution in [1.82, 2.24) is 10.2 Å². The van der Waals surface area contributed by atoms with Gasteiger partial charge in [0.25, 0.3) is 0 Å². The number of ketones is 1. The molecule has 0 saturated carbocycles. The molecule has 0 aliphatic rings. The first-order valence-corrected chi connectivity index (χ1v) is 10.5. The molecule has 6 nitrogen and oxygen atoms in total. The molecule has 1 aromatic heterocycles. The van der Waals surface area contributed by atoms with E-state index in [-0.39, 0.29) is 5.78 Å². The molecule has 0 amide bonds. The highest BCUT2D eigenvalue weighted by molar-refractivity contribution is 8.00. The Morgan fingerprint density at radius 2 is 2.00 bits per heavy atom. The van der Waals surface area contributed by atoms with Gasteiger partial charge in [-0.25, -0.2) is 0 Å². The van der Waals surface area contributed by atoms with Gasteiger partial charge in [-0.1, -0.05) is 35.2 Å². The number of thioether (sulfide) groups is 1. The largest absolute Gasteiger partial charge is 0.496 e. The highest BCUT2D eigenvalue weighted by Gasteiger charge is 2.11. The van der Waals surface area contributed by atoms with E-state index in [9.17, 15) is 4.79 Å². The monoisotopic (exact) mass is 415 g/mol. The van der Waals surface area contributed by atoms with Crippen LogP contribution in [0.25, 0.3) is 0 Å². The number of anilines is 2. The van der Waals surface area contributed by atoms with Crippen molar-refractivity contribution in [3.05, 3.63) is 53.6 Å². The van der Waals surface area contributed by atoms with E-state index in [4.69, 9.17) is 9.47 Å². The third-order valence-electron chi connectivity index (χ3n) is 3.87. The van der Waals surface area contributed by atoms with Crippen molar-refractivity contribution in [2.75, 3.05) is 19.0 Å². The maximum Gasteiger partial charge on any atom is 0.210 e. The fourth-order valence-electron chi connectivity index (χ4n) is 2.53. The second-order valence-corrected chi connectivity index (χ2v) is 8.00.